The van der Waals surface area contributed by atoms with Crippen molar-refractivity contribution < 1.29 is 9.18 Å². The molecule has 5 nitrogen and oxygen atoms in total. The zero-order valence-electron chi connectivity index (χ0n) is 15.0. The highest BCUT2D eigenvalue weighted by molar-refractivity contribution is 8.01. The summed E-state index contributed by atoms with van der Waals surface area (Å²) < 4.78 is 13.8. The van der Waals surface area contributed by atoms with Crippen LogP contribution in [0.3, 0.4) is 0 Å². The number of hydrogen-bond acceptors (Lipinski definition) is 5. The highest BCUT2D eigenvalue weighted by atomic mass is 35.5. The Balaban J connectivity index is 1.56. The number of fused-ring (bicyclic) bond motifs is 1. The first kappa shape index (κ1) is 18.8. The summed E-state index contributed by atoms with van der Waals surface area (Å²) in [5.74, 6) is -0.0932. The van der Waals surface area contributed by atoms with Gasteiger partial charge in [0.25, 0.3) is 0 Å². The van der Waals surface area contributed by atoms with Gasteiger partial charge in [0.1, 0.15) is 11.4 Å². The number of benzene rings is 1. The van der Waals surface area contributed by atoms with E-state index >= 15 is 0 Å². The molecule has 2 fully saturated rings. The molecular weight excluding hydrogens is 387 g/mol. The maximum atomic E-state index is 13.8. The molecular formula is C19H22ClFN4OS. The first-order valence-corrected chi connectivity index (χ1v) is 10.4. The highest BCUT2D eigenvalue weighted by Crippen LogP contribution is 2.35. The van der Waals surface area contributed by atoms with E-state index in [0.717, 1.165) is 23.1 Å². The molecule has 3 heterocycles. The molecule has 4 atom stereocenters. The number of carbonyl (C=O) groups is 1. The van der Waals surface area contributed by atoms with E-state index < -0.39 is 12.2 Å². The molecule has 1 aromatic carbocycles. The van der Waals surface area contributed by atoms with Gasteiger partial charge in [-0.15, -0.1) is 11.8 Å². The van der Waals surface area contributed by atoms with Crippen LogP contribution in [-0.4, -0.2) is 59.8 Å². The number of halogens is 2. The van der Waals surface area contributed by atoms with E-state index in [9.17, 15) is 9.18 Å². The summed E-state index contributed by atoms with van der Waals surface area (Å²) in [7, 11) is 0. The van der Waals surface area contributed by atoms with E-state index in [0.29, 0.717) is 24.7 Å². The maximum Gasteiger partial charge on any atom is 0.235 e. The van der Waals surface area contributed by atoms with Crippen LogP contribution in [0.15, 0.2) is 30.5 Å². The number of aromatic nitrogens is 1. The van der Waals surface area contributed by atoms with Gasteiger partial charge in [-0.1, -0.05) is 18.5 Å². The van der Waals surface area contributed by atoms with Crippen molar-refractivity contribution >= 4 is 45.9 Å². The number of alkyl halides is 1. The lowest BCUT2D eigenvalue weighted by molar-refractivity contribution is -0.121. The van der Waals surface area contributed by atoms with Crippen LogP contribution in [-0.2, 0) is 4.79 Å². The van der Waals surface area contributed by atoms with Crippen LogP contribution < -0.4 is 15.5 Å². The van der Waals surface area contributed by atoms with E-state index in [1.807, 2.05) is 24.3 Å². The van der Waals surface area contributed by atoms with Crippen LogP contribution in [0.1, 0.15) is 6.92 Å². The van der Waals surface area contributed by atoms with Crippen LogP contribution in [0.25, 0.3) is 10.9 Å². The Bertz CT molecular complexity index is 854. The molecule has 2 aliphatic heterocycles. The fraction of sp³-hybridized carbons (Fsp3) is 0.474. The molecule has 2 aliphatic rings. The third kappa shape index (κ3) is 3.86. The number of pyridine rings is 1. The van der Waals surface area contributed by atoms with Crippen molar-refractivity contribution in [2.24, 2.45) is 0 Å². The number of hydrogen-bond donors (Lipinski definition) is 2. The average molecular weight is 409 g/mol. The van der Waals surface area contributed by atoms with Gasteiger partial charge in [0.15, 0.2) is 0 Å². The van der Waals surface area contributed by atoms with Gasteiger partial charge >= 0.3 is 0 Å². The molecule has 0 aliphatic carbocycles. The number of carbonyl (C=O) groups excluding carboxylic acids is 1. The standard InChI is InChI=1S/C19H22ClFN4OS/c1-11-9-25(16-5-4-13(20)18-12(16)3-2-6-23-18)10-17(27-11)19(26)24-15-8-22-7-14(15)21/h2-6,11,14-15,17,22H,7-10H2,1H3,(H,24,26)/t11-,14-,15+,17-/m1/s1. The summed E-state index contributed by atoms with van der Waals surface area (Å²) in [5, 5.41) is 7.48. The Hall–Kier alpha value is -1.57. The van der Waals surface area contributed by atoms with Gasteiger partial charge in [0.2, 0.25) is 5.91 Å². The second kappa shape index (κ2) is 7.81. The predicted octanol–water partition coefficient (Wildman–Crippen LogP) is 2.62. The molecule has 2 N–H and O–H groups in total. The van der Waals surface area contributed by atoms with E-state index in [-0.39, 0.29) is 16.4 Å². The molecule has 0 saturated carbocycles. The first-order chi connectivity index (χ1) is 13.0. The summed E-state index contributed by atoms with van der Waals surface area (Å²) in [6.45, 7) is 4.30. The lowest BCUT2D eigenvalue weighted by atomic mass is 10.1. The van der Waals surface area contributed by atoms with Gasteiger partial charge in [0, 0.05) is 48.7 Å². The average Bonchev–Trinajstić information content (AvgIpc) is 3.06. The molecule has 8 heteroatoms. The SMILES string of the molecule is C[C@@H]1CN(c2ccc(Cl)c3ncccc23)C[C@H](C(=O)N[C@H]2CNC[C@H]2F)S1. The molecule has 1 amide bonds. The Morgan fingerprint density at radius 2 is 2.22 bits per heavy atom. The third-order valence-corrected chi connectivity index (χ3v) is 6.67. The monoisotopic (exact) mass is 408 g/mol. The largest absolute Gasteiger partial charge is 0.368 e. The van der Waals surface area contributed by atoms with Gasteiger partial charge < -0.3 is 15.5 Å². The highest BCUT2D eigenvalue weighted by Gasteiger charge is 2.35. The minimum Gasteiger partial charge on any atom is -0.368 e. The van der Waals surface area contributed by atoms with Crippen molar-refractivity contribution in [3.05, 3.63) is 35.5 Å². The molecule has 1 aromatic heterocycles. The number of amides is 1. The number of thioether (sulfide) groups is 1. The van der Waals surface area contributed by atoms with Crippen LogP contribution in [0.5, 0.6) is 0 Å². The Labute approximate surface area is 167 Å². The van der Waals surface area contributed by atoms with Crippen molar-refractivity contribution in [3.63, 3.8) is 0 Å². The second-order valence-electron chi connectivity index (χ2n) is 7.10. The molecule has 2 saturated heterocycles. The fourth-order valence-corrected chi connectivity index (χ4v) is 5.25. The van der Waals surface area contributed by atoms with Crippen LogP contribution >= 0.6 is 23.4 Å². The molecule has 0 unspecified atom stereocenters. The zero-order chi connectivity index (χ0) is 19.0. The summed E-state index contributed by atoms with van der Waals surface area (Å²) in [5.41, 5.74) is 1.79. The number of rotatable bonds is 3. The van der Waals surface area contributed by atoms with Crippen molar-refractivity contribution in [2.75, 3.05) is 31.1 Å². The van der Waals surface area contributed by atoms with Gasteiger partial charge in [-0.2, -0.15) is 0 Å². The quantitative estimate of drug-likeness (QED) is 0.817. The number of nitrogens with one attached hydrogen (secondary N) is 2. The predicted molar refractivity (Wildman–Crippen MR) is 110 cm³/mol. The summed E-state index contributed by atoms with van der Waals surface area (Å²) in [4.78, 5) is 19.4. The van der Waals surface area contributed by atoms with Gasteiger partial charge in [-0.25, -0.2) is 4.39 Å². The van der Waals surface area contributed by atoms with Crippen molar-refractivity contribution in [1.82, 2.24) is 15.6 Å². The molecule has 144 valence electrons. The lowest BCUT2D eigenvalue weighted by Crippen LogP contribution is -2.51. The lowest BCUT2D eigenvalue weighted by Gasteiger charge is -2.37. The van der Waals surface area contributed by atoms with Crippen LogP contribution in [0.4, 0.5) is 10.1 Å². The maximum absolute atomic E-state index is 13.8. The Morgan fingerprint density at radius 3 is 3.00 bits per heavy atom. The minimum atomic E-state index is -1.03. The summed E-state index contributed by atoms with van der Waals surface area (Å²) in [6, 6.07) is 7.30. The van der Waals surface area contributed by atoms with Gasteiger partial charge in [-0.05, 0) is 24.3 Å². The van der Waals surface area contributed by atoms with E-state index in [2.05, 4.69) is 27.4 Å². The van der Waals surface area contributed by atoms with Crippen molar-refractivity contribution in [2.45, 2.75) is 29.6 Å². The molecule has 27 heavy (non-hydrogen) atoms. The summed E-state index contributed by atoms with van der Waals surface area (Å²) in [6.07, 6.45) is 0.703. The normalized spacial score (nSPS) is 28.5. The Morgan fingerprint density at radius 1 is 1.37 bits per heavy atom. The first-order valence-electron chi connectivity index (χ1n) is 9.11. The fourth-order valence-electron chi connectivity index (χ4n) is 3.76. The second-order valence-corrected chi connectivity index (χ2v) is 9.15. The number of anilines is 1. The van der Waals surface area contributed by atoms with Gasteiger partial charge in [-0.3, -0.25) is 9.78 Å². The molecule has 0 bridgehead atoms. The number of nitrogens with zero attached hydrogens (tertiary/aromatic N) is 2. The molecule has 0 spiro atoms. The smallest absolute Gasteiger partial charge is 0.235 e. The topological polar surface area (TPSA) is 57.3 Å². The third-order valence-electron chi connectivity index (χ3n) is 5.06. The van der Waals surface area contributed by atoms with Gasteiger partial charge in [0.05, 0.1) is 16.6 Å². The molecule has 2 aromatic rings. The van der Waals surface area contributed by atoms with Crippen LogP contribution in [0.2, 0.25) is 5.02 Å². The van der Waals surface area contributed by atoms with Crippen molar-refractivity contribution in [3.8, 4) is 0 Å². The van der Waals surface area contributed by atoms with Crippen LogP contribution in [0, 0.1) is 0 Å². The van der Waals surface area contributed by atoms with E-state index in [4.69, 9.17) is 11.6 Å². The zero-order valence-corrected chi connectivity index (χ0v) is 16.6. The summed E-state index contributed by atoms with van der Waals surface area (Å²) >= 11 is 7.94. The van der Waals surface area contributed by atoms with E-state index in [1.165, 1.54) is 0 Å². The molecule has 4 rings (SSSR count). The molecule has 0 radical (unpaired) electrons. The minimum absolute atomic E-state index is 0.0932. The van der Waals surface area contributed by atoms with E-state index in [1.54, 1.807) is 18.0 Å². The van der Waals surface area contributed by atoms with Crippen molar-refractivity contribution in [1.29, 1.82) is 0 Å². The Kier molecular flexibility index (Phi) is 5.43.